The molecular weight excluding hydrogens is 224 g/mol. The average molecular weight is 239 g/mol. The molecule has 0 aromatic carbocycles. The lowest BCUT2D eigenvalue weighted by Gasteiger charge is -2.17. The second kappa shape index (κ2) is 6.23. The van der Waals surface area contributed by atoms with Crippen LogP contribution >= 0.6 is 11.6 Å². The minimum absolute atomic E-state index is 0.0468. The van der Waals surface area contributed by atoms with Crippen LogP contribution in [0.4, 0.5) is 0 Å². The molecule has 0 saturated carbocycles. The van der Waals surface area contributed by atoms with Crippen molar-refractivity contribution in [2.75, 3.05) is 25.2 Å². The van der Waals surface area contributed by atoms with Gasteiger partial charge in [0, 0.05) is 19.5 Å². The molecule has 0 aromatic rings. The Morgan fingerprint density at radius 1 is 1.57 bits per heavy atom. The molecule has 0 saturated heterocycles. The molecule has 0 aliphatic heterocycles. The predicted octanol–water partition coefficient (Wildman–Crippen LogP) is 1.04. The van der Waals surface area contributed by atoms with E-state index in [4.69, 9.17) is 16.9 Å². The minimum Gasteiger partial charge on any atom is -0.212 e. The molecule has 0 radical (unpaired) electrons. The molecule has 14 heavy (non-hydrogen) atoms. The fourth-order valence-electron chi connectivity index (χ4n) is 0.933. The molecule has 0 amide bonds. The summed E-state index contributed by atoms with van der Waals surface area (Å²) in [7, 11) is -1.75. The normalized spacial score (nSPS) is 13.9. The van der Waals surface area contributed by atoms with E-state index < -0.39 is 10.0 Å². The van der Waals surface area contributed by atoms with Crippen LogP contribution in [-0.4, -0.2) is 37.9 Å². The first-order valence-corrected chi connectivity index (χ1v) is 6.48. The van der Waals surface area contributed by atoms with E-state index in [0.29, 0.717) is 12.3 Å². The van der Waals surface area contributed by atoms with Gasteiger partial charge in [-0.2, -0.15) is 5.26 Å². The predicted molar refractivity (Wildman–Crippen MR) is 56.5 cm³/mol. The number of rotatable bonds is 6. The van der Waals surface area contributed by atoms with E-state index >= 15 is 0 Å². The fourth-order valence-corrected chi connectivity index (χ4v) is 2.50. The highest BCUT2D eigenvalue weighted by atomic mass is 35.5. The first-order chi connectivity index (χ1) is 6.44. The largest absolute Gasteiger partial charge is 0.213 e. The summed E-state index contributed by atoms with van der Waals surface area (Å²) in [5, 5.41) is 8.53. The van der Waals surface area contributed by atoms with Gasteiger partial charge in [0.2, 0.25) is 10.0 Å². The van der Waals surface area contributed by atoms with Crippen LogP contribution in [0.15, 0.2) is 0 Å². The van der Waals surface area contributed by atoms with Crippen molar-refractivity contribution in [2.24, 2.45) is 5.92 Å². The average Bonchev–Trinajstić information content (AvgIpc) is 2.14. The van der Waals surface area contributed by atoms with Gasteiger partial charge in [-0.15, -0.1) is 11.6 Å². The van der Waals surface area contributed by atoms with Crippen molar-refractivity contribution in [1.82, 2.24) is 4.31 Å². The lowest BCUT2D eigenvalue weighted by molar-refractivity contribution is 0.438. The lowest BCUT2D eigenvalue weighted by atomic mass is 10.2. The first kappa shape index (κ1) is 13.7. The monoisotopic (exact) mass is 238 g/mol. The Kier molecular flexibility index (Phi) is 6.09. The lowest BCUT2D eigenvalue weighted by Crippen LogP contribution is -2.32. The summed E-state index contributed by atoms with van der Waals surface area (Å²) in [6.07, 6.45) is 0.440. The Morgan fingerprint density at radius 2 is 2.14 bits per heavy atom. The van der Waals surface area contributed by atoms with Gasteiger partial charge in [0.1, 0.15) is 0 Å². The van der Waals surface area contributed by atoms with Gasteiger partial charge in [0.05, 0.1) is 17.7 Å². The van der Waals surface area contributed by atoms with E-state index in [9.17, 15) is 8.42 Å². The Balaban J connectivity index is 4.23. The summed E-state index contributed by atoms with van der Waals surface area (Å²) in [6.45, 7) is 1.93. The highest BCUT2D eigenvalue weighted by Gasteiger charge is 2.18. The molecule has 0 N–H and O–H groups in total. The smallest absolute Gasteiger partial charge is 0.212 e. The van der Waals surface area contributed by atoms with Crippen molar-refractivity contribution in [3.63, 3.8) is 0 Å². The molecule has 0 aliphatic rings. The maximum Gasteiger partial charge on any atom is 0.213 e. The summed E-state index contributed by atoms with van der Waals surface area (Å²) in [5.74, 6) is 0.0947. The van der Waals surface area contributed by atoms with E-state index in [1.165, 1.54) is 11.4 Å². The number of hydrogen-bond donors (Lipinski definition) is 0. The third-order valence-electron chi connectivity index (χ3n) is 1.76. The van der Waals surface area contributed by atoms with Crippen LogP contribution < -0.4 is 0 Å². The van der Waals surface area contributed by atoms with Gasteiger partial charge in [0.25, 0.3) is 0 Å². The van der Waals surface area contributed by atoms with Crippen LogP contribution in [0.5, 0.6) is 0 Å². The molecule has 0 fully saturated rings. The minimum atomic E-state index is -3.23. The molecule has 4 nitrogen and oxygen atoms in total. The molecule has 0 spiro atoms. The number of hydrogen-bond acceptors (Lipinski definition) is 3. The van der Waals surface area contributed by atoms with Crippen molar-refractivity contribution in [2.45, 2.75) is 13.3 Å². The van der Waals surface area contributed by atoms with Crippen LogP contribution in [0.1, 0.15) is 13.3 Å². The van der Waals surface area contributed by atoms with Crippen molar-refractivity contribution >= 4 is 21.6 Å². The van der Waals surface area contributed by atoms with Crippen molar-refractivity contribution in [3.8, 4) is 6.07 Å². The van der Waals surface area contributed by atoms with Gasteiger partial charge in [-0.1, -0.05) is 0 Å². The molecule has 0 aromatic heterocycles. The summed E-state index contributed by atoms with van der Waals surface area (Å²) in [6, 6.07) is 1.99. The maximum absolute atomic E-state index is 11.5. The molecule has 1 atom stereocenters. The zero-order valence-corrected chi connectivity index (χ0v) is 9.98. The second-order valence-electron chi connectivity index (χ2n) is 3.17. The summed E-state index contributed by atoms with van der Waals surface area (Å²) in [5.41, 5.74) is 0. The van der Waals surface area contributed by atoms with Crippen molar-refractivity contribution < 1.29 is 8.42 Å². The molecule has 0 bridgehead atoms. The van der Waals surface area contributed by atoms with Crippen LogP contribution in [-0.2, 0) is 10.0 Å². The van der Waals surface area contributed by atoms with Crippen LogP contribution in [0.25, 0.3) is 0 Å². The number of sulfonamides is 1. The fraction of sp³-hybridized carbons (Fsp3) is 0.875. The second-order valence-corrected chi connectivity index (χ2v) is 5.74. The molecule has 82 valence electrons. The number of nitriles is 1. The van der Waals surface area contributed by atoms with E-state index in [-0.39, 0.29) is 18.2 Å². The maximum atomic E-state index is 11.5. The molecule has 1 unspecified atom stereocenters. The number of halogens is 1. The zero-order chi connectivity index (χ0) is 11.2. The van der Waals surface area contributed by atoms with Gasteiger partial charge in [-0.25, -0.2) is 12.7 Å². The first-order valence-electron chi connectivity index (χ1n) is 4.33. The third-order valence-corrected chi connectivity index (χ3v) is 3.93. The van der Waals surface area contributed by atoms with Gasteiger partial charge in [0.15, 0.2) is 0 Å². The molecular formula is C8H15ClN2O2S. The van der Waals surface area contributed by atoms with Crippen molar-refractivity contribution in [3.05, 3.63) is 0 Å². The Hall–Kier alpha value is -0.310. The summed E-state index contributed by atoms with van der Waals surface area (Å²) in [4.78, 5) is 0. The van der Waals surface area contributed by atoms with E-state index in [0.717, 1.165) is 0 Å². The van der Waals surface area contributed by atoms with Gasteiger partial charge in [-0.3, -0.25) is 0 Å². The Morgan fingerprint density at radius 3 is 2.57 bits per heavy atom. The zero-order valence-electron chi connectivity index (χ0n) is 8.40. The molecule has 0 heterocycles. The van der Waals surface area contributed by atoms with E-state index in [2.05, 4.69) is 0 Å². The van der Waals surface area contributed by atoms with Gasteiger partial charge >= 0.3 is 0 Å². The highest BCUT2D eigenvalue weighted by Crippen LogP contribution is 2.05. The molecule has 6 heteroatoms. The van der Waals surface area contributed by atoms with Crippen LogP contribution in [0.3, 0.4) is 0 Å². The topological polar surface area (TPSA) is 61.2 Å². The van der Waals surface area contributed by atoms with Gasteiger partial charge in [-0.05, 0) is 13.3 Å². The molecule has 0 rings (SSSR count). The number of nitrogens with zero attached hydrogens (tertiary/aromatic N) is 2. The van der Waals surface area contributed by atoms with Crippen LogP contribution in [0, 0.1) is 17.2 Å². The quantitative estimate of drug-likeness (QED) is 0.650. The van der Waals surface area contributed by atoms with E-state index in [1.54, 1.807) is 6.92 Å². The molecule has 0 aliphatic carbocycles. The Labute approximate surface area is 90.5 Å². The standard InChI is InChI=1S/C8H15ClN2O2S/c1-8(6-10)7-11(2)14(12,13)5-3-4-9/h8H,3-5,7H2,1-2H3. The summed E-state index contributed by atoms with van der Waals surface area (Å²) >= 11 is 5.41. The van der Waals surface area contributed by atoms with Crippen molar-refractivity contribution in [1.29, 1.82) is 5.26 Å². The third kappa shape index (κ3) is 4.80. The van der Waals surface area contributed by atoms with E-state index in [1.807, 2.05) is 6.07 Å². The Bertz CT molecular complexity index is 297. The number of alkyl halides is 1. The highest BCUT2D eigenvalue weighted by molar-refractivity contribution is 7.89. The SMILES string of the molecule is CC(C#N)CN(C)S(=O)(=O)CCCCl. The van der Waals surface area contributed by atoms with Crippen LogP contribution in [0.2, 0.25) is 0 Å². The van der Waals surface area contributed by atoms with Gasteiger partial charge < -0.3 is 0 Å². The summed E-state index contributed by atoms with van der Waals surface area (Å²) < 4.78 is 24.2.